The highest BCUT2D eigenvalue weighted by molar-refractivity contribution is 6.04. The van der Waals surface area contributed by atoms with E-state index in [4.69, 9.17) is 20.1 Å². The molecule has 1 aliphatic rings. The summed E-state index contributed by atoms with van der Waals surface area (Å²) >= 11 is 0. The topological polar surface area (TPSA) is 99.4 Å². The summed E-state index contributed by atoms with van der Waals surface area (Å²) in [6, 6.07) is 21.5. The van der Waals surface area contributed by atoms with Gasteiger partial charge in [-0.05, 0) is 61.4 Å². The van der Waals surface area contributed by atoms with Crippen molar-refractivity contribution in [2.45, 2.75) is 18.9 Å². The van der Waals surface area contributed by atoms with Crippen molar-refractivity contribution < 1.29 is 14.1 Å². The van der Waals surface area contributed by atoms with Crippen LogP contribution in [0, 0.1) is 0 Å². The average molecular weight is 480 g/mol. The molecule has 1 atom stereocenters. The minimum Gasteiger partial charge on any atom is -0.457 e. The van der Waals surface area contributed by atoms with Gasteiger partial charge in [0.1, 0.15) is 17.2 Å². The fourth-order valence-electron chi connectivity index (χ4n) is 4.87. The smallest absolute Gasteiger partial charge is 0.246 e. The Hall–Kier alpha value is -4.59. The fraction of sp³-hybridized carbons (Fsp3) is 0.179. The molecule has 0 bridgehead atoms. The number of carbonyl (C=O) groups excluding carboxylic acids is 1. The van der Waals surface area contributed by atoms with E-state index in [0.717, 1.165) is 58.4 Å². The first-order valence-electron chi connectivity index (χ1n) is 11.9. The van der Waals surface area contributed by atoms with Crippen LogP contribution in [0.1, 0.15) is 18.9 Å². The number of nitrogens with two attached hydrogens (primary N) is 1. The van der Waals surface area contributed by atoms with Gasteiger partial charge in [-0.3, -0.25) is 9.48 Å². The highest BCUT2D eigenvalue weighted by atomic mass is 16.5. The van der Waals surface area contributed by atoms with Gasteiger partial charge >= 0.3 is 0 Å². The van der Waals surface area contributed by atoms with Crippen LogP contribution in [0.5, 0.6) is 11.5 Å². The average Bonchev–Trinajstić information content (AvgIpc) is 3.48. The molecule has 5 aromatic rings. The van der Waals surface area contributed by atoms with Crippen molar-refractivity contribution in [1.82, 2.24) is 19.8 Å². The summed E-state index contributed by atoms with van der Waals surface area (Å²) in [5.41, 5.74) is 9.35. The lowest BCUT2D eigenvalue weighted by atomic mass is 10.0. The van der Waals surface area contributed by atoms with Gasteiger partial charge in [-0.1, -0.05) is 29.9 Å². The summed E-state index contributed by atoms with van der Waals surface area (Å²) in [5.74, 6) is 1.81. The van der Waals surface area contributed by atoms with Gasteiger partial charge in [0.15, 0.2) is 11.4 Å². The van der Waals surface area contributed by atoms with E-state index in [0.29, 0.717) is 17.9 Å². The number of nitrogens with zero attached hydrogens (tertiary/aromatic N) is 4. The first-order valence-corrected chi connectivity index (χ1v) is 11.9. The molecule has 8 nitrogen and oxygen atoms in total. The van der Waals surface area contributed by atoms with E-state index >= 15 is 0 Å². The number of rotatable bonds is 5. The zero-order valence-corrected chi connectivity index (χ0v) is 19.6. The third-order valence-corrected chi connectivity index (χ3v) is 6.66. The Morgan fingerprint density at radius 1 is 1.08 bits per heavy atom. The van der Waals surface area contributed by atoms with Crippen LogP contribution in [0.2, 0.25) is 0 Å². The van der Waals surface area contributed by atoms with Gasteiger partial charge in [-0.25, -0.2) is 0 Å². The number of hydrogen-bond donors (Lipinski definition) is 1. The van der Waals surface area contributed by atoms with Crippen molar-refractivity contribution in [3.8, 4) is 22.8 Å². The molecule has 1 aliphatic heterocycles. The second-order valence-electron chi connectivity index (χ2n) is 8.95. The molecule has 8 heteroatoms. The second kappa shape index (κ2) is 8.88. The van der Waals surface area contributed by atoms with E-state index in [1.165, 1.54) is 6.08 Å². The lowest BCUT2D eigenvalue weighted by Gasteiger charge is -2.32. The van der Waals surface area contributed by atoms with Crippen molar-refractivity contribution >= 4 is 33.6 Å². The minimum absolute atomic E-state index is 0.0253. The number of amides is 1. The number of piperidine rings is 1. The first kappa shape index (κ1) is 21.9. The van der Waals surface area contributed by atoms with Gasteiger partial charge < -0.3 is 19.9 Å². The highest BCUT2D eigenvalue weighted by Crippen LogP contribution is 2.37. The Morgan fingerprint density at radius 2 is 1.86 bits per heavy atom. The van der Waals surface area contributed by atoms with Crippen molar-refractivity contribution in [2.24, 2.45) is 0 Å². The number of likely N-dealkylation sites (tertiary alicyclic amines) is 1. The first-order chi connectivity index (χ1) is 17.6. The highest BCUT2D eigenvalue weighted by Gasteiger charge is 2.27. The molecule has 0 saturated carbocycles. The van der Waals surface area contributed by atoms with Crippen molar-refractivity contribution in [1.29, 1.82) is 0 Å². The molecule has 36 heavy (non-hydrogen) atoms. The van der Waals surface area contributed by atoms with Gasteiger partial charge in [-0.2, -0.15) is 5.10 Å². The van der Waals surface area contributed by atoms with Gasteiger partial charge in [0.05, 0.1) is 16.9 Å². The number of aromatic nitrogens is 3. The molecule has 1 saturated heterocycles. The predicted molar refractivity (Wildman–Crippen MR) is 139 cm³/mol. The zero-order valence-electron chi connectivity index (χ0n) is 19.6. The second-order valence-corrected chi connectivity index (χ2v) is 8.95. The van der Waals surface area contributed by atoms with Crippen LogP contribution in [0.25, 0.3) is 33.1 Å². The van der Waals surface area contributed by atoms with Crippen LogP contribution in [-0.2, 0) is 4.79 Å². The number of anilines is 1. The normalized spacial score (nSPS) is 15.9. The van der Waals surface area contributed by atoms with E-state index < -0.39 is 0 Å². The van der Waals surface area contributed by atoms with E-state index in [1.54, 1.807) is 0 Å². The number of hydrogen-bond acceptors (Lipinski definition) is 6. The van der Waals surface area contributed by atoms with Gasteiger partial charge in [-0.15, -0.1) is 0 Å². The number of ether oxygens (including phenoxy) is 1. The predicted octanol–water partition coefficient (Wildman–Crippen LogP) is 5.57. The Labute approximate surface area is 207 Å². The van der Waals surface area contributed by atoms with Gasteiger partial charge in [0.25, 0.3) is 0 Å². The number of para-hydroxylation sites is 1. The quantitative estimate of drug-likeness (QED) is 0.331. The lowest BCUT2D eigenvalue weighted by molar-refractivity contribution is -0.127. The van der Waals surface area contributed by atoms with Crippen molar-refractivity contribution in [3.63, 3.8) is 0 Å². The molecule has 1 fully saturated rings. The molecule has 2 aromatic heterocycles. The summed E-state index contributed by atoms with van der Waals surface area (Å²) in [6.07, 6.45) is 3.18. The minimum atomic E-state index is -0.0595. The van der Waals surface area contributed by atoms with Crippen molar-refractivity contribution in [3.05, 3.63) is 79.4 Å². The number of fused-ring (bicyclic) bond motifs is 2. The molecule has 0 radical (unpaired) electrons. The molecular weight excluding hydrogens is 454 g/mol. The van der Waals surface area contributed by atoms with Crippen LogP contribution in [-0.4, -0.2) is 38.8 Å². The standard InChI is InChI=1S/C28H25N5O3/c1-2-26(34)32-14-6-7-19(17-32)33-24-16-25-23(28(29)31-36-25)15-22(24)27(30-33)18-10-12-21(13-11-18)35-20-8-4-3-5-9-20/h2-5,8-13,15-16,19H,1,6-7,14,17H2,(H2,29,31)/t19-/m1/s1. The van der Waals surface area contributed by atoms with Crippen LogP contribution in [0.4, 0.5) is 5.82 Å². The number of nitrogen functional groups attached to an aromatic ring is 1. The molecule has 0 aliphatic carbocycles. The molecular formula is C28H25N5O3. The summed E-state index contributed by atoms with van der Waals surface area (Å²) in [6.45, 7) is 4.93. The van der Waals surface area contributed by atoms with Crippen LogP contribution < -0.4 is 10.5 Å². The summed E-state index contributed by atoms with van der Waals surface area (Å²) in [5, 5.41) is 10.7. The maximum absolute atomic E-state index is 12.3. The largest absolute Gasteiger partial charge is 0.457 e. The number of carbonyl (C=O) groups is 1. The van der Waals surface area contributed by atoms with E-state index in [2.05, 4.69) is 11.7 Å². The molecule has 1 amide bonds. The van der Waals surface area contributed by atoms with Crippen LogP contribution in [0.15, 0.2) is 83.9 Å². The fourth-order valence-corrected chi connectivity index (χ4v) is 4.87. The lowest BCUT2D eigenvalue weighted by Crippen LogP contribution is -2.40. The molecule has 0 spiro atoms. The molecule has 0 unspecified atom stereocenters. The molecule has 3 aromatic carbocycles. The third kappa shape index (κ3) is 3.86. The van der Waals surface area contributed by atoms with Gasteiger partial charge in [0, 0.05) is 30.1 Å². The molecule has 6 rings (SSSR count). The van der Waals surface area contributed by atoms with E-state index in [9.17, 15) is 4.79 Å². The van der Waals surface area contributed by atoms with Crippen LogP contribution in [0.3, 0.4) is 0 Å². The maximum atomic E-state index is 12.3. The number of benzene rings is 3. The SMILES string of the molecule is C=CC(=O)N1CCC[C@@H](n2nc(-c3ccc(Oc4ccccc4)cc3)c3cc4c(N)noc4cc32)C1. The zero-order chi connectivity index (χ0) is 24.6. The van der Waals surface area contributed by atoms with E-state index in [1.807, 2.05) is 76.3 Å². The summed E-state index contributed by atoms with van der Waals surface area (Å²) in [4.78, 5) is 14.1. The third-order valence-electron chi connectivity index (χ3n) is 6.66. The van der Waals surface area contributed by atoms with E-state index in [-0.39, 0.29) is 11.9 Å². The molecule has 180 valence electrons. The Morgan fingerprint density at radius 3 is 2.64 bits per heavy atom. The Bertz CT molecular complexity index is 1570. The van der Waals surface area contributed by atoms with Crippen LogP contribution >= 0.6 is 0 Å². The monoisotopic (exact) mass is 479 g/mol. The Kier molecular flexibility index (Phi) is 5.41. The summed E-state index contributed by atoms with van der Waals surface area (Å²) < 4.78 is 13.4. The molecule has 2 N–H and O–H groups in total. The van der Waals surface area contributed by atoms with Crippen molar-refractivity contribution in [2.75, 3.05) is 18.8 Å². The summed E-state index contributed by atoms with van der Waals surface area (Å²) in [7, 11) is 0. The Balaban J connectivity index is 1.42. The maximum Gasteiger partial charge on any atom is 0.246 e. The van der Waals surface area contributed by atoms with Gasteiger partial charge in [0.2, 0.25) is 5.91 Å². The molecule has 3 heterocycles.